The Morgan fingerprint density at radius 2 is 1.89 bits per heavy atom. The van der Waals surface area contributed by atoms with Crippen LogP contribution in [0.25, 0.3) is 0 Å². The summed E-state index contributed by atoms with van der Waals surface area (Å²) in [4.78, 5) is 41.5. The number of nitrogen functional groups attached to an aromatic ring is 1. The van der Waals surface area contributed by atoms with Crippen LogP contribution in [0.4, 0.5) is 5.13 Å². The third-order valence-electron chi connectivity index (χ3n) is 5.31. The monoisotopic (exact) mass is 498 g/mol. The fraction of sp³-hybridized carbons (Fsp3) is 0.143. The second-order valence-electron chi connectivity index (χ2n) is 7.62. The van der Waals surface area contributed by atoms with E-state index < -0.39 is 48.4 Å². The lowest BCUT2D eigenvalue weighted by molar-refractivity contribution is -0.123. The van der Waals surface area contributed by atoms with E-state index >= 15 is 0 Å². The maximum absolute atomic E-state index is 13.2. The van der Waals surface area contributed by atoms with Crippen LogP contribution in [0.2, 0.25) is 0 Å². The van der Waals surface area contributed by atoms with Gasteiger partial charge in [0, 0.05) is 5.38 Å². The molecule has 0 saturated heterocycles. The van der Waals surface area contributed by atoms with E-state index in [-0.39, 0.29) is 34.1 Å². The molecule has 4 rings (SSSR count). The molecule has 0 aliphatic carbocycles. The highest BCUT2D eigenvalue weighted by Gasteiger charge is 2.39. The van der Waals surface area contributed by atoms with Crippen molar-refractivity contribution < 1.29 is 39.4 Å². The van der Waals surface area contributed by atoms with Gasteiger partial charge in [-0.2, -0.15) is 0 Å². The number of nitrogens with one attached hydrogen (secondary N) is 2. The number of hydrogen-bond acceptors (Lipinski definition) is 10. The third kappa shape index (κ3) is 4.83. The second kappa shape index (κ2) is 9.52. The minimum absolute atomic E-state index is 0.00878. The van der Waals surface area contributed by atoms with Crippen molar-refractivity contribution in [3.63, 3.8) is 0 Å². The molecule has 2 heterocycles. The minimum atomic E-state index is -1.57. The number of nitrogens with two attached hydrogens (primary N) is 1. The molecule has 0 spiro atoms. The summed E-state index contributed by atoms with van der Waals surface area (Å²) in [5.41, 5.74) is 5.85. The average Bonchev–Trinajstić information content (AvgIpc) is 3.24. The summed E-state index contributed by atoms with van der Waals surface area (Å²) in [6.45, 7) is 0. The summed E-state index contributed by atoms with van der Waals surface area (Å²) in [5.74, 6) is -5.02. The number of hydrogen-bond donors (Lipinski definition) is 7. The van der Waals surface area contributed by atoms with Crippen LogP contribution in [0.3, 0.4) is 0 Å². The summed E-state index contributed by atoms with van der Waals surface area (Å²) < 4.78 is 5.38. The number of thiazole rings is 1. The number of phenols is 2. The number of rotatable bonds is 6. The number of carboxylic acids is 1. The largest absolute Gasteiger partial charge is 0.547 e. The van der Waals surface area contributed by atoms with Crippen LogP contribution >= 0.6 is 11.3 Å². The van der Waals surface area contributed by atoms with Gasteiger partial charge in [-0.15, -0.1) is 11.3 Å². The lowest BCUT2D eigenvalue weighted by Gasteiger charge is -2.30. The molecule has 1 aliphatic rings. The summed E-state index contributed by atoms with van der Waals surface area (Å²) in [6, 6.07) is 6.88. The maximum atomic E-state index is 13.2. The molecule has 0 saturated carbocycles. The Morgan fingerprint density at radius 3 is 2.57 bits per heavy atom. The number of phenolic OH excluding ortho intramolecular Hbond substituents is 2. The van der Waals surface area contributed by atoms with E-state index in [0.29, 0.717) is 5.56 Å². The lowest BCUT2D eigenvalue weighted by Crippen LogP contribution is -2.55. The first kappa shape index (κ1) is 23.8. The summed E-state index contributed by atoms with van der Waals surface area (Å²) in [7, 11) is -1.57. The first-order valence-electron chi connectivity index (χ1n) is 10.2. The first-order chi connectivity index (χ1) is 16.7. The van der Waals surface area contributed by atoms with Crippen LogP contribution in [-0.4, -0.2) is 56.2 Å². The SMILES string of the molecule is Nc1nc(C(NC(=O)c2cccc(O)c2O)C(=O)N[C@H]2Cc3cccc(C(=O)O)c3OB2O)cs1. The Hall–Kier alpha value is -4.30. The van der Waals surface area contributed by atoms with Gasteiger partial charge in [-0.05, 0) is 30.2 Å². The van der Waals surface area contributed by atoms with Crippen molar-refractivity contribution in [1.29, 1.82) is 0 Å². The zero-order chi connectivity index (χ0) is 25.3. The van der Waals surface area contributed by atoms with E-state index in [1.165, 1.54) is 35.7 Å². The standard InChI is InChI=1S/C21H19BN4O8S/c23-21-24-12(8-35-21)15(26-18(29)10-4-2-6-13(27)16(10)28)19(30)25-14-7-9-3-1-5-11(20(31)32)17(9)34-22(14)33/h1-6,8,14-15,27-28,33H,7H2,(H2,23,24)(H,25,30)(H,26,29)(H,31,32)/t14-,15?/m0/s1. The normalized spacial score (nSPS) is 15.5. The van der Waals surface area contributed by atoms with Crippen LogP contribution in [0, 0.1) is 0 Å². The van der Waals surface area contributed by atoms with Gasteiger partial charge in [-0.1, -0.05) is 18.2 Å². The summed E-state index contributed by atoms with van der Waals surface area (Å²) >= 11 is 1.04. The van der Waals surface area contributed by atoms with Crippen molar-refractivity contribution in [3.8, 4) is 17.2 Å². The molecule has 0 fully saturated rings. The zero-order valence-corrected chi connectivity index (χ0v) is 18.7. The smallest absolute Gasteiger partial charge is 0.534 e. The number of nitrogens with zero attached hydrogens (tertiary/aromatic N) is 1. The van der Waals surface area contributed by atoms with Gasteiger partial charge in [0.25, 0.3) is 5.91 Å². The van der Waals surface area contributed by atoms with Gasteiger partial charge in [0.05, 0.1) is 22.8 Å². The Kier molecular flexibility index (Phi) is 6.49. The molecule has 2 atom stereocenters. The van der Waals surface area contributed by atoms with Crippen LogP contribution in [0.15, 0.2) is 41.8 Å². The number of benzene rings is 2. The van der Waals surface area contributed by atoms with Crippen molar-refractivity contribution in [2.24, 2.45) is 0 Å². The van der Waals surface area contributed by atoms with Crippen LogP contribution in [0.5, 0.6) is 17.2 Å². The van der Waals surface area contributed by atoms with Gasteiger partial charge in [0.1, 0.15) is 5.75 Å². The number of aromatic carboxylic acids is 1. The van der Waals surface area contributed by atoms with Crippen molar-refractivity contribution in [2.45, 2.75) is 18.4 Å². The van der Waals surface area contributed by atoms with E-state index in [1.54, 1.807) is 6.07 Å². The first-order valence-corrected chi connectivity index (χ1v) is 11.1. The number of aromatic nitrogens is 1. The molecular weight excluding hydrogens is 479 g/mol. The van der Waals surface area contributed by atoms with E-state index in [9.17, 15) is 34.7 Å². The van der Waals surface area contributed by atoms with Crippen molar-refractivity contribution in [3.05, 3.63) is 64.2 Å². The topological polar surface area (TPSA) is 204 Å². The van der Waals surface area contributed by atoms with Crippen LogP contribution in [0.1, 0.15) is 38.0 Å². The van der Waals surface area contributed by atoms with Gasteiger partial charge in [0.2, 0.25) is 5.91 Å². The molecule has 1 unspecified atom stereocenters. The fourth-order valence-corrected chi connectivity index (χ4v) is 4.20. The number of carbonyl (C=O) groups is 3. The third-order valence-corrected chi connectivity index (χ3v) is 6.00. The molecule has 1 aromatic heterocycles. The second-order valence-corrected chi connectivity index (χ2v) is 8.51. The Bertz CT molecular complexity index is 1320. The van der Waals surface area contributed by atoms with E-state index in [2.05, 4.69) is 15.6 Å². The van der Waals surface area contributed by atoms with Crippen molar-refractivity contribution >= 4 is 41.4 Å². The minimum Gasteiger partial charge on any atom is -0.534 e. The Labute approximate surface area is 202 Å². The molecule has 8 N–H and O–H groups in total. The molecule has 12 nitrogen and oxygen atoms in total. The van der Waals surface area contributed by atoms with Crippen molar-refractivity contribution in [1.82, 2.24) is 15.6 Å². The number of fused-ring (bicyclic) bond motifs is 1. The molecule has 0 radical (unpaired) electrons. The molecular formula is C21H19BN4O8S. The fourth-order valence-electron chi connectivity index (χ4n) is 3.61. The number of carbonyl (C=O) groups excluding carboxylic acids is 2. The quantitative estimate of drug-likeness (QED) is 0.185. The number of carboxylic acid groups (broad SMARTS) is 1. The Balaban J connectivity index is 1.57. The molecule has 3 aromatic rings. The van der Waals surface area contributed by atoms with Crippen LogP contribution < -0.4 is 21.0 Å². The highest BCUT2D eigenvalue weighted by molar-refractivity contribution is 7.13. The molecule has 2 amide bonds. The molecule has 1 aliphatic heterocycles. The molecule has 2 aromatic carbocycles. The number of para-hydroxylation sites is 2. The molecule has 35 heavy (non-hydrogen) atoms. The van der Waals surface area contributed by atoms with E-state index in [0.717, 1.165) is 11.3 Å². The number of anilines is 1. The van der Waals surface area contributed by atoms with Gasteiger partial charge < -0.3 is 41.4 Å². The van der Waals surface area contributed by atoms with Gasteiger partial charge in [-0.3, -0.25) is 9.59 Å². The van der Waals surface area contributed by atoms with Gasteiger partial charge in [-0.25, -0.2) is 9.78 Å². The lowest BCUT2D eigenvalue weighted by atomic mass is 9.72. The predicted octanol–water partition coefficient (Wildman–Crippen LogP) is 0.445. The average molecular weight is 498 g/mol. The van der Waals surface area contributed by atoms with Gasteiger partial charge >= 0.3 is 13.1 Å². The predicted molar refractivity (Wildman–Crippen MR) is 124 cm³/mol. The molecule has 0 bridgehead atoms. The number of aromatic hydroxyl groups is 2. The van der Waals surface area contributed by atoms with Crippen LogP contribution in [-0.2, 0) is 11.2 Å². The number of amides is 2. The molecule has 14 heteroatoms. The van der Waals surface area contributed by atoms with E-state index in [4.69, 9.17) is 10.4 Å². The highest BCUT2D eigenvalue weighted by Crippen LogP contribution is 2.31. The molecule has 180 valence electrons. The van der Waals surface area contributed by atoms with E-state index in [1.807, 2.05) is 0 Å². The summed E-state index contributed by atoms with van der Waals surface area (Å²) in [5, 5.41) is 46.1. The highest BCUT2D eigenvalue weighted by atomic mass is 32.1. The summed E-state index contributed by atoms with van der Waals surface area (Å²) in [6.07, 6.45) is 0.0522. The van der Waals surface area contributed by atoms with Gasteiger partial charge in [0.15, 0.2) is 22.7 Å². The van der Waals surface area contributed by atoms with Crippen molar-refractivity contribution in [2.75, 3.05) is 5.73 Å². The maximum Gasteiger partial charge on any atom is 0.547 e. The zero-order valence-electron chi connectivity index (χ0n) is 17.8. The Morgan fingerprint density at radius 1 is 1.17 bits per heavy atom.